The molecule has 1 saturated carbocycles. The highest BCUT2D eigenvalue weighted by atomic mass is 16.7. The third-order valence-corrected chi connectivity index (χ3v) is 7.71. The minimum atomic E-state index is -1.15. The molecule has 2 N–H and O–H groups in total. The first kappa shape index (κ1) is 30.6. The Bertz CT molecular complexity index is 1610. The lowest BCUT2D eigenvalue weighted by Gasteiger charge is -2.18. The summed E-state index contributed by atoms with van der Waals surface area (Å²) < 4.78 is 18.1. The van der Waals surface area contributed by atoms with Crippen LogP contribution in [0.4, 0.5) is 0 Å². The SMILES string of the molecule is C=C(O)c1nc(CCC)n(Cc2ccc(-c3ccccc3-c3nn[nH]n3)cc2)c1C(=O)OC(C)OC(=O)[C@H]1CC[C@@H](OC)C1. The molecule has 2 aromatic carbocycles. The molecule has 44 heavy (non-hydrogen) atoms. The number of aryl methyl sites for hydroxylation is 1. The number of hydrogen-bond donors (Lipinski definition) is 2. The molecular formula is C32H36N6O6. The fourth-order valence-corrected chi connectivity index (χ4v) is 5.53. The van der Waals surface area contributed by atoms with E-state index in [-0.39, 0.29) is 35.7 Å². The van der Waals surface area contributed by atoms with Gasteiger partial charge in [-0.1, -0.05) is 62.0 Å². The van der Waals surface area contributed by atoms with Gasteiger partial charge in [0.15, 0.2) is 5.69 Å². The number of imidazole rings is 1. The number of aromatic amines is 1. The smallest absolute Gasteiger partial charge is 0.360 e. The molecule has 0 saturated heterocycles. The van der Waals surface area contributed by atoms with Crippen molar-refractivity contribution < 1.29 is 28.9 Å². The quantitative estimate of drug-likeness (QED) is 0.127. The normalized spacial score (nSPS) is 16.9. The molecule has 0 amide bonds. The van der Waals surface area contributed by atoms with Gasteiger partial charge in [-0.25, -0.2) is 9.78 Å². The van der Waals surface area contributed by atoms with Crippen LogP contribution < -0.4 is 0 Å². The number of esters is 2. The number of H-pyrrole nitrogens is 1. The van der Waals surface area contributed by atoms with Crippen molar-refractivity contribution >= 4 is 17.7 Å². The van der Waals surface area contributed by atoms with Crippen molar-refractivity contribution in [3.8, 4) is 22.5 Å². The summed E-state index contributed by atoms with van der Waals surface area (Å²) >= 11 is 0. The Labute approximate surface area is 255 Å². The maximum absolute atomic E-state index is 13.5. The minimum absolute atomic E-state index is 0.0177. The average Bonchev–Trinajstić information content (AvgIpc) is 3.79. The zero-order valence-electron chi connectivity index (χ0n) is 25.0. The summed E-state index contributed by atoms with van der Waals surface area (Å²) in [6, 6.07) is 15.7. The number of aromatic nitrogens is 6. The lowest BCUT2D eigenvalue weighted by Crippen LogP contribution is -2.27. The lowest BCUT2D eigenvalue weighted by atomic mass is 9.98. The van der Waals surface area contributed by atoms with Crippen LogP contribution in [0.5, 0.6) is 0 Å². The summed E-state index contributed by atoms with van der Waals surface area (Å²) in [6.07, 6.45) is 2.18. The molecule has 2 heterocycles. The van der Waals surface area contributed by atoms with E-state index >= 15 is 0 Å². The minimum Gasteiger partial charge on any atom is -0.506 e. The van der Waals surface area contributed by atoms with E-state index in [9.17, 15) is 14.7 Å². The van der Waals surface area contributed by atoms with Crippen molar-refractivity contribution in [2.24, 2.45) is 5.92 Å². The van der Waals surface area contributed by atoms with Gasteiger partial charge in [0, 0.05) is 32.6 Å². The molecule has 1 aliphatic rings. The summed E-state index contributed by atoms with van der Waals surface area (Å²) in [5.74, 6) is -0.789. The molecule has 1 aliphatic carbocycles. The highest BCUT2D eigenvalue weighted by Crippen LogP contribution is 2.31. The van der Waals surface area contributed by atoms with E-state index in [1.807, 2.05) is 55.5 Å². The molecule has 0 aliphatic heterocycles. The van der Waals surface area contributed by atoms with E-state index in [0.29, 0.717) is 30.9 Å². The highest BCUT2D eigenvalue weighted by molar-refractivity contribution is 5.92. The molecule has 2 aromatic heterocycles. The average molecular weight is 601 g/mol. The van der Waals surface area contributed by atoms with Crippen molar-refractivity contribution in [1.29, 1.82) is 0 Å². The number of benzene rings is 2. The molecule has 0 bridgehead atoms. The third-order valence-electron chi connectivity index (χ3n) is 7.71. The maximum atomic E-state index is 13.5. The van der Waals surface area contributed by atoms with Gasteiger partial charge in [0.1, 0.15) is 17.3 Å². The number of nitrogens with one attached hydrogen (secondary N) is 1. The van der Waals surface area contributed by atoms with Crippen LogP contribution in [0.1, 0.15) is 67.1 Å². The molecule has 0 spiro atoms. The molecule has 230 valence electrons. The van der Waals surface area contributed by atoms with Gasteiger partial charge in [0.05, 0.1) is 12.0 Å². The van der Waals surface area contributed by atoms with Gasteiger partial charge >= 0.3 is 11.9 Å². The molecule has 1 unspecified atom stereocenters. The summed E-state index contributed by atoms with van der Waals surface area (Å²) in [4.78, 5) is 30.7. The van der Waals surface area contributed by atoms with Crippen molar-refractivity contribution in [2.75, 3.05) is 7.11 Å². The van der Waals surface area contributed by atoms with E-state index in [0.717, 1.165) is 35.1 Å². The summed E-state index contributed by atoms with van der Waals surface area (Å²) in [6.45, 7) is 7.39. The molecule has 1 fully saturated rings. The van der Waals surface area contributed by atoms with Crippen LogP contribution in [-0.2, 0) is 32.0 Å². The second-order valence-electron chi connectivity index (χ2n) is 10.8. The van der Waals surface area contributed by atoms with Gasteiger partial charge in [-0.3, -0.25) is 4.79 Å². The number of carbonyl (C=O) groups excluding carboxylic acids is 2. The number of nitrogens with zero attached hydrogens (tertiary/aromatic N) is 5. The Balaban J connectivity index is 1.38. The zero-order valence-corrected chi connectivity index (χ0v) is 25.0. The number of tetrazole rings is 1. The van der Waals surface area contributed by atoms with Crippen LogP contribution in [0.15, 0.2) is 55.1 Å². The second-order valence-corrected chi connectivity index (χ2v) is 10.8. The van der Waals surface area contributed by atoms with Crippen LogP contribution >= 0.6 is 0 Å². The zero-order chi connectivity index (χ0) is 31.2. The number of ether oxygens (including phenoxy) is 3. The fourth-order valence-electron chi connectivity index (χ4n) is 5.53. The van der Waals surface area contributed by atoms with E-state index in [1.165, 1.54) is 6.92 Å². The number of methoxy groups -OCH3 is 1. The maximum Gasteiger partial charge on any atom is 0.360 e. The Morgan fingerprint density at radius 1 is 1.11 bits per heavy atom. The standard InChI is InChI=1S/C32H36N6O6/c1-5-8-27-33-28(19(2)39)29(32(41)44-20(3)43-31(40)23-15-16-24(17-23)42-4)38(27)18-21-11-13-22(14-12-21)25-9-6-7-10-26(25)30-34-36-37-35-30/h6-7,9-14,20,23-24,39H,2,5,8,15-18H2,1,3-4H3,(H,34,35,36,37)/t20?,23-,24+/m0/s1. The summed E-state index contributed by atoms with van der Waals surface area (Å²) in [5, 5.41) is 24.8. The third kappa shape index (κ3) is 6.70. The molecule has 0 radical (unpaired) electrons. The van der Waals surface area contributed by atoms with Crippen molar-refractivity contribution in [3.63, 3.8) is 0 Å². The molecule has 12 heteroatoms. The van der Waals surface area contributed by atoms with Crippen LogP contribution in [0.2, 0.25) is 0 Å². The Morgan fingerprint density at radius 2 is 1.86 bits per heavy atom. The monoisotopic (exact) mass is 600 g/mol. The van der Waals surface area contributed by atoms with Gasteiger partial charge in [-0.05, 0) is 47.6 Å². The Morgan fingerprint density at radius 3 is 2.50 bits per heavy atom. The number of aliphatic hydroxyl groups excluding tert-OH is 1. The van der Waals surface area contributed by atoms with Crippen LogP contribution in [0, 0.1) is 5.92 Å². The topological polar surface area (TPSA) is 154 Å². The van der Waals surface area contributed by atoms with E-state index in [1.54, 1.807) is 11.7 Å². The molecule has 3 atom stereocenters. The molecule has 12 nitrogen and oxygen atoms in total. The molecular weight excluding hydrogens is 564 g/mol. The van der Waals surface area contributed by atoms with Gasteiger partial charge in [-0.2, -0.15) is 5.21 Å². The predicted molar refractivity (Wildman–Crippen MR) is 161 cm³/mol. The summed E-state index contributed by atoms with van der Waals surface area (Å²) in [7, 11) is 1.62. The first-order valence-electron chi connectivity index (χ1n) is 14.6. The van der Waals surface area contributed by atoms with Gasteiger partial charge < -0.3 is 23.9 Å². The van der Waals surface area contributed by atoms with E-state index in [4.69, 9.17) is 14.2 Å². The first-order chi connectivity index (χ1) is 21.3. The lowest BCUT2D eigenvalue weighted by molar-refractivity contribution is -0.170. The Kier molecular flexibility index (Phi) is 9.49. The molecule has 4 aromatic rings. The number of rotatable bonds is 12. The van der Waals surface area contributed by atoms with Crippen LogP contribution in [0.25, 0.3) is 28.3 Å². The van der Waals surface area contributed by atoms with Crippen molar-refractivity contribution in [3.05, 3.63) is 77.9 Å². The summed E-state index contributed by atoms with van der Waals surface area (Å²) in [5.41, 5.74) is 3.69. The largest absolute Gasteiger partial charge is 0.506 e. The number of hydrogen-bond acceptors (Lipinski definition) is 10. The fraction of sp³-hybridized carbons (Fsp3) is 0.375. The van der Waals surface area contributed by atoms with Crippen molar-refractivity contribution in [1.82, 2.24) is 30.2 Å². The number of carbonyl (C=O) groups is 2. The van der Waals surface area contributed by atoms with Crippen molar-refractivity contribution in [2.45, 2.75) is 64.9 Å². The van der Waals surface area contributed by atoms with Gasteiger partial charge in [0.2, 0.25) is 12.1 Å². The van der Waals surface area contributed by atoms with Gasteiger partial charge in [-0.15, -0.1) is 10.2 Å². The Hall–Kier alpha value is -4.84. The van der Waals surface area contributed by atoms with Crippen LogP contribution in [-0.4, -0.2) is 66.7 Å². The molecule has 5 rings (SSSR count). The highest BCUT2D eigenvalue weighted by Gasteiger charge is 2.33. The van der Waals surface area contributed by atoms with Gasteiger partial charge in [0.25, 0.3) is 0 Å². The van der Waals surface area contributed by atoms with E-state index in [2.05, 4.69) is 32.2 Å². The number of aliphatic hydroxyl groups is 1. The van der Waals surface area contributed by atoms with Crippen LogP contribution in [0.3, 0.4) is 0 Å². The first-order valence-corrected chi connectivity index (χ1v) is 14.6. The van der Waals surface area contributed by atoms with E-state index < -0.39 is 18.2 Å². The second kappa shape index (κ2) is 13.6. The predicted octanol–water partition coefficient (Wildman–Crippen LogP) is 5.12.